The predicted molar refractivity (Wildman–Crippen MR) is 161 cm³/mol. The maximum absolute atomic E-state index is 7.00. The lowest BCUT2D eigenvalue weighted by Crippen LogP contribution is -2.31. The Labute approximate surface area is 234 Å². The van der Waals surface area contributed by atoms with Gasteiger partial charge >= 0.3 is 0 Å². The van der Waals surface area contributed by atoms with Crippen LogP contribution in [0.3, 0.4) is 0 Å². The van der Waals surface area contributed by atoms with Gasteiger partial charge in [0.2, 0.25) is 0 Å². The van der Waals surface area contributed by atoms with E-state index in [2.05, 4.69) is 91.0 Å². The van der Waals surface area contributed by atoms with Crippen molar-refractivity contribution < 1.29 is 18.9 Å². The maximum atomic E-state index is 7.00. The highest BCUT2D eigenvalue weighted by Crippen LogP contribution is 2.44. The average Bonchev–Trinajstić information content (AvgIpc) is 3.03. The molecule has 1 unspecified atom stereocenters. The molecule has 0 saturated carbocycles. The monoisotopic (exact) mass is 526 g/mol. The second-order valence-corrected chi connectivity index (χ2v) is 9.67. The topological polar surface area (TPSA) is 36.9 Å². The quantitative estimate of drug-likeness (QED) is 0.214. The molecule has 0 amide bonds. The first-order valence-corrected chi connectivity index (χ1v) is 13.2. The van der Waals surface area contributed by atoms with Crippen LogP contribution < -0.4 is 18.9 Å². The third-order valence-electron chi connectivity index (χ3n) is 7.41. The predicted octanol–water partition coefficient (Wildman–Crippen LogP) is 8.30. The number of fused-ring (bicyclic) bond motifs is 3. The molecule has 6 rings (SSSR count). The van der Waals surface area contributed by atoms with Gasteiger partial charge in [-0.1, -0.05) is 66.7 Å². The van der Waals surface area contributed by atoms with Crippen LogP contribution in [0.5, 0.6) is 23.0 Å². The van der Waals surface area contributed by atoms with E-state index in [1.54, 1.807) is 21.3 Å². The van der Waals surface area contributed by atoms with Crippen LogP contribution in [0.2, 0.25) is 0 Å². The molecule has 4 nitrogen and oxygen atoms in total. The van der Waals surface area contributed by atoms with Crippen molar-refractivity contribution in [3.63, 3.8) is 0 Å². The van der Waals surface area contributed by atoms with E-state index in [9.17, 15) is 0 Å². The summed E-state index contributed by atoms with van der Waals surface area (Å²) in [6.07, 6.45) is 6.53. The molecule has 5 aromatic rings. The lowest BCUT2D eigenvalue weighted by Gasteiger charge is -2.34. The van der Waals surface area contributed by atoms with Crippen LogP contribution in [0.15, 0.2) is 121 Å². The lowest BCUT2D eigenvalue weighted by atomic mass is 9.84. The number of rotatable bonds is 7. The van der Waals surface area contributed by atoms with Gasteiger partial charge in [-0.05, 0) is 88.2 Å². The molecule has 198 valence electrons. The SMILES string of the molecule is COc1ccc(C(=CC2(c3ccc(OC)cc3)C=Cc3c(ccc4ccccc34)O2)c2ccc(OC)cc2)cc1. The van der Waals surface area contributed by atoms with E-state index in [0.717, 1.165) is 56.2 Å². The van der Waals surface area contributed by atoms with Crippen LogP contribution in [0, 0.1) is 0 Å². The van der Waals surface area contributed by atoms with Crippen molar-refractivity contribution in [2.24, 2.45) is 0 Å². The third kappa shape index (κ3) is 4.69. The highest BCUT2D eigenvalue weighted by atomic mass is 16.5. The Morgan fingerprint density at radius 1 is 0.625 bits per heavy atom. The Hall–Kier alpha value is -4.96. The highest BCUT2D eigenvalue weighted by molar-refractivity contribution is 5.94. The average molecular weight is 527 g/mol. The molecule has 0 bridgehead atoms. The van der Waals surface area contributed by atoms with E-state index in [-0.39, 0.29) is 0 Å². The highest BCUT2D eigenvalue weighted by Gasteiger charge is 2.34. The zero-order chi connectivity index (χ0) is 27.5. The van der Waals surface area contributed by atoms with Gasteiger partial charge in [-0.15, -0.1) is 0 Å². The number of benzene rings is 5. The summed E-state index contributed by atoms with van der Waals surface area (Å²) in [4.78, 5) is 0. The Morgan fingerprint density at radius 2 is 1.18 bits per heavy atom. The minimum absolute atomic E-state index is 0.791. The van der Waals surface area contributed by atoms with Gasteiger partial charge in [-0.2, -0.15) is 0 Å². The standard InChI is InChI=1S/C36H30O4/c1-37-29-15-8-26(9-16-29)34(27-10-17-30(38-2)18-11-27)24-36(28-13-19-31(39-3)20-14-28)23-22-33-32-7-5-4-6-25(32)12-21-35(33)40-36/h4-24H,1-3H3. The van der Waals surface area contributed by atoms with Crippen LogP contribution in [0.1, 0.15) is 22.3 Å². The van der Waals surface area contributed by atoms with Crippen LogP contribution in [-0.2, 0) is 5.60 Å². The van der Waals surface area contributed by atoms with Crippen molar-refractivity contribution in [2.45, 2.75) is 5.60 Å². The summed E-state index contributed by atoms with van der Waals surface area (Å²) in [5, 5.41) is 2.34. The minimum atomic E-state index is -0.878. The van der Waals surface area contributed by atoms with Gasteiger partial charge in [0.05, 0.1) is 21.3 Å². The summed E-state index contributed by atoms with van der Waals surface area (Å²) >= 11 is 0. The normalized spacial score (nSPS) is 15.6. The minimum Gasteiger partial charge on any atom is -0.497 e. The largest absolute Gasteiger partial charge is 0.497 e. The molecule has 0 fully saturated rings. The van der Waals surface area contributed by atoms with Gasteiger partial charge in [-0.25, -0.2) is 0 Å². The number of hydrogen-bond donors (Lipinski definition) is 0. The fourth-order valence-electron chi connectivity index (χ4n) is 5.22. The summed E-state index contributed by atoms with van der Waals surface area (Å²) in [6, 6.07) is 36.8. The molecule has 1 aliphatic rings. The van der Waals surface area contributed by atoms with Gasteiger partial charge in [0.15, 0.2) is 5.60 Å². The first-order chi connectivity index (χ1) is 19.6. The molecule has 1 heterocycles. The third-order valence-corrected chi connectivity index (χ3v) is 7.41. The number of ether oxygens (including phenoxy) is 4. The molecule has 0 aromatic heterocycles. The molecular formula is C36H30O4. The summed E-state index contributed by atoms with van der Waals surface area (Å²) < 4.78 is 23.3. The molecule has 0 aliphatic carbocycles. The van der Waals surface area contributed by atoms with Crippen LogP contribution in [0.25, 0.3) is 22.4 Å². The van der Waals surface area contributed by atoms with Crippen molar-refractivity contribution in [3.8, 4) is 23.0 Å². The fourth-order valence-corrected chi connectivity index (χ4v) is 5.22. The number of methoxy groups -OCH3 is 3. The van der Waals surface area contributed by atoms with Crippen molar-refractivity contribution in [2.75, 3.05) is 21.3 Å². The van der Waals surface area contributed by atoms with Crippen molar-refractivity contribution in [3.05, 3.63) is 144 Å². The summed E-state index contributed by atoms with van der Waals surface area (Å²) in [6.45, 7) is 0. The summed E-state index contributed by atoms with van der Waals surface area (Å²) in [7, 11) is 5.03. The van der Waals surface area contributed by atoms with E-state index >= 15 is 0 Å². The Kier molecular flexibility index (Phi) is 6.75. The van der Waals surface area contributed by atoms with E-state index < -0.39 is 5.60 Å². The Morgan fingerprint density at radius 3 is 1.75 bits per heavy atom. The van der Waals surface area contributed by atoms with Gasteiger partial charge in [0, 0.05) is 11.1 Å². The van der Waals surface area contributed by atoms with E-state index in [0.29, 0.717) is 0 Å². The Bertz CT molecular complexity index is 1650. The van der Waals surface area contributed by atoms with Crippen molar-refractivity contribution >= 4 is 22.4 Å². The summed E-state index contributed by atoms with van der Waals surface area (Å²) in [5.74, 6) is 3.23. The second-order valence-electron chi connectivity index (χ2n) is 9.67. The van der Waals surface area contributed by atoms with E-state index in [1.807, 2.05) is 36.4 Å². The molecule has 0 spiro atoms. The molecule has 0 saturated heterocycles. The van der Waals surface area contributed by atoms with Gasteiger partial charge in [0.25, 0.3) is 0 Å². The van der Waals surface area contributed by atoms with Gasteiger partial charge in [0.1, 0.15) is 23.0 Å². The van der Waals surface area contributed by atoms with Crippen LogP contribution in [-0.4, -0.2) is 21.3 Å². The van der Waals surface area contributed by atoms with E-state index in [1.165, 1.54) is 5.39 Å². The molecule has 1 atom stereocenters. The lowest BCUT2D eigenvalue weighted by molar-refractivity contribution is 0.170. The van der Waals surface area contributed by atoms with Gasteiger partial charge in [-0.3, -0.25) is 0 Å². The molecule has 0 N–H and O–H groups in total. The first-order valence-electron chi connectivity index (χ1n) is 13.2. The smallest absolute Gasteiger partial charge is 0.172 e. The Balaban J connectivity index is 1.57. The molecule has 0 radical (unpaired) electrons. The zero-order valence-corrected chi connectivity index (χ0v) is 22.8. The molecular weight excluding hydrogens is 496 g/mol. The zero-order valence-electron chi connectivity index (χ0n) is 22.8. The molecule has 5 aromatic carbocycles. The molecule has 1 aliphatic heterocycles. The second kappa shape index (κ2) is 10.7. The molecule has 40 heavy (non-hydrogen) atoms. The number of hydrogen-bond acceptors (Lipinski definition) is 4. The van der Waals surface area contributed by atoms with Crippen molar-refractivity contribution in [1.29, 1.82) is 0 Å². The summed E-state index contributed by atoms with van der Waals surface area (Å²) in [5.41, 5.74) is 4.29. The van der Waals surface area contributed by atoms with Crippen LogP contribution in [0.4, 0.5) is 0 Å². The first kappa shape index (κ1) is 25.3. The van der Waals surface area contributed by atoms with Crippen molar-refractivity contribution in [1.82, 2.24) is 0 Å². The fraction of sp³-hybridized carbons (Fsp3) is 0.111. The van der Waals surface area contributed by atoms with E-state index in [4.69, 9.17) is 18.9 Å². The van der Waals surface area contributed by atoms with Gasteiger partial charge < -0.3 is 18.9 Å². The van der Waals surface area contributed by atoms with Crippen LogP contribution >= 0.6 is 0 Å². The maximum Gasteiger partial charge on any atom is 0.172 e. The molecule has 4 heteroatoms.